The first-order chi connectivity index (χ1) is 12.6. The Balaban J connectivity index is 1.56. The van der Waals surface area contributed by atoms with Gasteiger partial charge in [-0.3, -0.25) is 4.90 Å². The topological polar surface area (TPSA) is 56.1 Å². The monoisotopic (exact) mass is 355 g/mol. The molecule has 0 saturated carbocycles. The van der Waals surface area contributed by atoms with Crippen molar-refractivity contribution in [2.24, 2.45) is 0 Å². The molecule has 0 aliphatic rings. The molecule has 0 unspecified atom stereocenters. The molecule has 6 nitrogen and oxygen atoms in total. The van der Waals surface area contributed by atoms with Crippen LogP contribution in [0.5, 0.6) is 0 Å². The molecular weight excluding hydrogens is 333 g/mol. The van der Waals surface area contributed by atoms with Crippen LogP contribution in [-0.2, 0) is 24.2 Å². The summed E-state index contributed by atoms with van der Waals surface area (Å²) < 4.78 is 19.8. The molecule has 2 heterocycles. The number of nitrogens with zero attached hydrogens (tertiary/aromatic N) is 5. The van der Waals surface area contributed by atoms with Gasteiger partial charge >= 0.3 is 0 Å². The molecule has 1 aromatic carbocycles. The second kappa shape index (κ2) is 8.64. The second-order valence-electron chi connectivity index (χ2n) is 6.19. The minimum atomic E-state index is -0.253. The highest BCUT2D eigenvalue weighted by Gasteiger charge is 2.07. The van der Waals surface area contributed by atoms with Crippen molar-refractivity contribution in [2.75, 3.05) is 20.8 Å². The van der Waals surface area contributed by atoms with Gasteiger partial charge in [0.1, 0.15) is 11.6 Å². The first-order valence-corrected chi connectivity index (χ1v) is 8.41. The fourth-order valence-corrected chi connectivity index (χ4v) is 2.64. The SMILES string of the molecule is COCCc1ncc(CN(C)Cc2cnn(-c3ccc(F)cc3)c2)cn1. The Morgan fingerprint density at radius 3 is 2.42 bits per heavy atom. The Bertz CT molecular complexity index is 817. The summed E-state index contributed by atoms with van der Waals surface area (Å²) in [4.78, 5) is 10.9. The normalized spacial score (nSPS) is 11.2. The van der Waals surface area contributed by atoms with Gasteiger partial charge in [0.25, 0.3) is 0 Å². The predicted molar refractivity (Wildman–Crippen MR) is 96.3 cm³/mol. The second-order valence-corrected chi connectivity index (χ2v) is 6.19. The van der Waals surface area contributed by atoms with Crippen LogP contribution in [0.4, 0.5) is 4.39 Å². The van der Waals surface area contributed by atoms with E-state index >= 15 is 0 Å². The third-order valence-electron chi connectivity index (χ3n) is 3.92. The zero-order chi connectivity index (χ0) is 18.4. The van der Waals surface area contributed by atoms with Crippen LogP contribution < -0.4 is 0 Å². The zero-order valence-corrected chi connectivity index (χ0v) is 15.0. The van der Waals surface area contributed by atoms with E-state index in [0.717, 1.165) is 42.1 Å². The highest BCUT2D eigenvalue weighted by Crippen LogP contribution is 2.11. The standard InChI is InChI=1S/C19H22FN5O/c1-24(12-15-9-21-19(22-10-15)7-8-26-2)13-16-11-23-25(14-16)18-5-3-17(20)4-6-18/h3-6,9-11,14H,7-8,12-13H2,1-2H3. The summed E-state index contributed by atoms with van der Waals surface area (Å²) in [6.07, 6.45) is 8.21. The Hall–Kier alpha value is -2.64. The lowest BCUT2D eigenvalue weighted by Crippen LogP contribution is -2.17. The molecule has 3 aromatic rings. The molecule has 7 heteroatoms. The largest absolute Gasteiger partial charge is 0.384 e. The van der Waals surface area contributed by atoms with Gasteiger partial charge in [-0.2, -0.15) is 5.10 Å². The average Bonchev–Trinajstić information content (AvgIpc) is 3.10. The van der Waals surface area contributed by atoms with E-state index in [1.165, 1.54) is 12.1 Å². The zero-order valence-electron chi connectivity index (χ0n) is 15.0. The minimum Gasteiger partial charge on any atom is -0.384 e. The molecule has 0 bridgehead atoms. The summed E-state index contributed by atoms with van der Waals surface area (Å²) in [5.74, 6) is 0.537. The molecule has 0 atom stereocenters. The first-order valence-electron chi connectivity index (χ1n) is 8.41. The Kier molecular flexibility index (Phi) is 6.04. The number of hydrogen-bond donors (Lipinski definition) is 0. The van der Waals surface area contributed by atoms with E-state index in [1.807, 2.05) is 31.8 Å². The first kappa shape index (κ1) is 18.2. The molecular formula is C19H22FN5O. The van der Waals surface area contributed by atoms with Gasteiger partial charge in [-0.25, -0.2) is 19.0 Å². The lowest BCUT2D eigenvalue weighted by atomic mass is 10.2. The van der Waals surface area contributed by atoms with Gasteiger partial charge in [-0.05, 0) is 31.3 Å². The van der Waals surface area contributed by atoms with Crippen molar-refractivity contribution in [3.8, 4) is 5.69 Å². The third kappa shape index (κ3) is 4.93. The van der Waals surface area contributed by atoms with Crippen LogP contribution in [0.3, 0.4) is 0 Å². The highest BCUT2D eigenvalue weighted by molar-refractivity contribution is 5.31. The number of ether oxygens (including phenoxy) is 1. The Morgan fingerprint density at radius 1 is 1.04 bits per heavy atom. The predicted octanol–water partition coefficient (Wildman–Crippen LogP) is 2.62. The molecule has 0 N–H and O–H groups in total. The average molecular weight is 355 g/mol. The van der Waals surface area contributed by atoms with Crippen LogP contribution in [0, 0.1) is 5.82 Å². The summed E-state index contributed by atoms with van der Waals surface area (Å²) >= 11 is 0. The van der Waals surface area contributed by atoms with Crippen LogP contribution in [0.1, 0.15) is 17.0 Å². The lowest BCUT2D eigenvalue weighted by molar-refractivity contribution is 0.200. The number of halogens is 1. The maximum absolute atomic E-state index is 13.0. The van der Waals surface area contributed by atoms with Crippen LogP contribution >= 0.6 is 0 Å². The van der Waals surface area contributed by atoms with E-state index in [4.69, 9.17) is 4.74 Å². The van der Waals surface area contributed by atoms with E-state index < -0.39 is 0 Å². The lowest BCUT2D eigenvalue weighted by Gasteiger charge is -2.15. The summed E-state index contributed by atoms with van der Waals surface area (Å²) in [5.41, 5.74) is 2.97. The summed E-state index contributed by atoms with van der Waals surface area (Å²) in [6.45, 7) is 2.11. The van der Waals surface area contributed by atoms with Gasteiger partial charge < -0.3 is 4.74 Å². The summed E-state index contributed by atoms with van der Waals surface area (Å²) in [5, 5.41) is 4.35. The van der Waals surface area contributed by atoms with Crippen LogP contribution in [0.25, 0.3) is 5.69 Å². The van der Waals surface area contributed by atoms with Crippen molar-refractivity contribution in [3.05, 3.63) is 71.8 Å². The maximum Gasteiger partial charge on any atom is 0.130 e. The van der Waals surface area contributed by atoms with Crippen molar-refractivity contribution in [2.45, 2.75) is 19.5 Å². The number of hydrogen-bond acceptors (Lipinski definition) is 5. The van der Waals surface area contributed by atoms with Crippen molar-refractivity contribution in [3.63, 3.8) is 0 Å². The number of aromatic nitrogens is 4. The van der Waals surface area contributed by atoms with E-state index in [1.54, 1.807) is 23.9 Å². The molecule has 0 fully saturated rings. The fourth-order valence-electron chi connectivity index (χ4n) is 2.64. The van der Waals surface area contributed by atoms with Crippen molar-refractivity contribution < 1.29 is 9.13 Å². The molecule has 0 radical (unpaired) electrons. The smallest absolute Gasteiger partial charge is 0.130 e. The Labute approximate surface area is 152 Å². The van der Waals surface area contributed by atoms with Crippen LogP contribution in [-0.4, -0.2) is 45.4 Å². The van der Waals surface area contributed by atoms with Gasteiger partial charge in [0.2, 0.25) is 0 Å². The van der Waals surface area contributed by atoms with Gasteiger partial charge in [-0.15, -0.1) is 0 Å². The summed E-state index contributed by atoms with van der Waals surface area (Å²) in [6, 6.07) is 6.27. The number of benzene rings is 1. The molecule has 0 amide bonds. The minimum absolute atomic E-state index is 0.253. The molecule has 0 aliphatic carbocycles. The fraction of sp³-hybridized carbons (Fsp3) is 0.316. The molecule has 3 rings (SSSR count). The quantitative estimate of drug-likeness (QED) is 0.622. The highest BCUT2D eigenvalue weighted by atomic mass is 19.1. The van der Waals surface area contributed by atoms with Gasteiger partial charge in [0, 0.05) is 56.3 Å². The van der Waals surface area contributed by atoms with Crippen molar-refractivity contribution >= 4 is 0 Å². The molecule has 26 heavy (non-hydrogen) atoms. The van der Waals surface area contributed by atoms with Crippen LogP contribution in [0.15, 0.2) is 49.1 Å². The van der Waals surface area contributed by atoms with Crippen molar-refractivity contribution in [1.82, 2.24) is 24.6 Å². The van der Waals surface area contributed by atoms with Gasteiger partial charge in [0.15, 0.2) is 0 Å². The maximum atomic E-state index is 13.0. The summed E-state index contributed by atoms with van der Waals surface area (Å²) in [7, 11) is 3.70. The van der Waals surface area contributed by atoms with E-state index in [-0.39, 0.29) is 5.82 Å². The molecule has 2 aromatic heterocycles. The van der Waals surface area contributed by atoms with Gasteiger partial charge in [-0.1, -0.05) is 0 Å². The number of methoxy groups -OCH3 is 1. The molecule has 0 spiro atoms. The number of rotatable bonds is 8. The Morgan fingerprint density at radius 2 is 1.73 bits per heavy atom. The molecule has 136 valence electrons. The van der Waals surface area contributed by atoms with Crippen molar-refractivity contribution in [1.29, 1.82) is 0 Å². The molecule has 0 saturated heterocycles. The molecule has 0 aliphatic heterocycles. The van der Waals surface area contributed by atoms with E-state index in [2.05, 4.69) is 20.0 Å². The third-order valence-corrected chi connectivity index (χ3v) is 3.92. The van der Waals surface area contributed by atoms with Crippen LogP contribution in [0.2, 0.25) is 0 Å². The van der Waals surface area contributed by atoms with Gasteiger partial charge in [0.05, 0.1) is 18.5 Å². The van der Waals surface area contributed by atoms with E-state index in [0.29, 0.717) is 6.61 Å². The van der Waals surface area contributed by atoms with E-state index in [9.17, 15) is 4.39 Å².